The number of hydrogen-bond donors (Lipinski definition) is 1. The third kappa shape index (κ3) is 3.04. The second-order valence-corrected chi connectivity index (χ2v) is 6.53. The van der Waals surface area contributed by atoms with Crippen molar-refractivity contribution in [2.24, 2.45) is 0 Å². The molecule has 0 saturated carbocycles. The van der Waals surface area contributed by atoms with Gasteiger partial charge in [0.15, 0.2) is 0 Å². The molecular formula is C21H20N6. The van der Waals surface area contributed by atoms with Crippen molar-refractivity contribution < 1.29 is 0 Å². The molecule has 134 valence electrons. The SMILES string of the molecule is C=CCn1cc(-c2c(C#N)c(N)nc3c2CN(c2ccccc2)CC3)cn1. The number of nitrogens with zero attached hydrogens (tertiary/aromatic N) is 5. The topological polar surface area (TPSA) is 83.8 Å². The Morgan fingerprint density at radius 3 is 2.85 bits per heavy atom. The van der Waals surface area contributed by atoms with E-state index in [4.69, 9.17) is 5.73 Å². The molecule has 6 heteroatoms. The maximum absolute atomic E-state index is 9.73. The molecule has 0 amide bonds. The van der Waals surface area contributed by atoms with Crippen molar-refractivity contribution in [2.45, 2.75) is 19.5 Å². The summed E-state index contributed by atoms with van der Waals surface area (Å²) in [6, 6.07) is 12.5. The molecule has 2 aromatic heterocycles. The summed E-state index contributed by atoms with van der Waals surface area (Å²) in [5.74, 6) is 0.288. The van der Waals surface area contributed by atoms with Crippen LogP contribution in [0.5, 0.6) is 0 Å². The summed E-state index contributed by atoms with van der Waals surface area (Å²) in [7, 11) is 0. The van der Waals surface area contributed by atoms with E-state index in [1.54, 1.807) is 17.0 Å². The van der Waals surface area contributed by atoms with Gasteiger partial charge in [-0.3, -0.25) is 4.68 Å². The van der Waals surface area contributed by atoms with Crippen molar-refractivity contribution in [3.8, 4) is 17.2 Å². The molecule has 2 N–H and O–H groups in total. The smallest absolute Gasteiger partial charge is 0.142 e. The van der Waals surface area contributed by atoms with Crippen LogP contribution in [-0.4, -0.2) is 21.3 Å². The largest absolute Gasteiger partial charge is 0.383 e. The molecule has 3 heterocycles. The highest BCUT2D eigenvalue weighted by molar-refractivity contribution is 5.79. The lowest BCUT2D eigenvalue weighted by atomic mass is 9.92. The molecule has 1 aromatic carbocycles. The first-order valence-corrected chi connectivity index (χ1v) is 8.86. The van der Waals surface area contributed by atoms with Crippen LogP contribution in [0.25, 0.3) is 11.1 Å². The molecule has 0 unspecified atom stereocenters. The highest BCUT2D eigenvalue weighted by Crippen LogP contribution is 2.36. The quantitative estimate of drug-likeness (QED) is 0.726. The second-order valence-electron chi connectivity index (χ2n) is 6.53. The second kappa shape index (κ2) is 6.96. The van der Waals surface area contributed by atoms with E-state index in [2.05, 4.69) is 39.8 Å². The molecule has 0 atom stereocenters. The average Bonchev–Trinajstić information content (AvgIpc) is 3.16. The standard InChI is InChI=1S/C21H20N6/c1-2-9-27-13-15(12-24-27)20-17(11-22)21(23)25-19-8-10-26(14-18(19)20)16-6-4-3-5-7-16/h2-7,12-13H,1,8-10,14H2,(H2,23,25). The molecule has 6 nitrogen and oxygen atoms in total. The van der Waals surface area contributed by atoms with Crippen molar-refractivity contribution in [1.29, 1.82) is 5.26 Å². The van der Waals surface area contributed by atoms with E-state index in [1.165, 1.54) is 0 Å². The van der Waals surface area contributed by atoms with Gasteiger partial charge in [0, 0.05) is 48.1 Å². The van der Waals surface area contributed by atoms with Crippen molar-refractivity contribution >= 4 is 11.5 Å². The van der Waals surface area contributed by atoms with E-state index in [1.807, 2.05) is 24.4 Å². The summed E-state index contributed by atoms with van der Waals surface area (Å²) in [6.45, 7) is 5.91. The van der Waals surface area contributed by atoms with E-state index in [0.29, 0.717) is 18.7 Å². The zero-order chi connectivity index (χ0) is 18.8. The van der Waals surface area contributed by atoms with Crippen molar-refractivity contribution in [3.05, 3.63) is 72.2 Å². The van der Waals surface area contributed by atoms with Crippen LogP contribution in [0.15, 0.2) is 55.4 Å². The number of benzene rings is 1. The van der Waals surface area contributed by atoms with Gasteiger partial charge in [-0.15, -0.1) is 6.58 Å². The van der Waals surface area contributed by atoms with E-state index in [-0.39, 0.29) is 5.82 Å². The summed E-state index contributed by atoms with van der Waals surface area (Å²) in [5.41, 5.74) is 11.4. The lowest BCUT2D eigenvalue weighted by Crippen LogP contribution is -2.32. The highest BCUT2D eigenvalue weighted by atomic mass is 15.3. The molecule has 0 bridgehead atoms. The minimum absolute atomic E-state index is 0.288. The van der Waals surface area contributed by atoms with Gasteiger partial charge in [-0.05, 0) is 12.1 Å². The first-order valence-electron chi connectivity index (χ1n) is 8.86. The Balaban J connectivity index is 1.84. The Morgan fingerprint density at radius 1 is 1.30 bits per heavy atom. The van der Waals surface area contributed by atoms with Crippen molar-refractivity contribution in [1.82, 2.24) is 14.8 Å². The number of anilines is 2. The molecule has 0 fully saturated rings. The number of nitrogens with two attached hydrogens (primary N) is 1. The molecule has 0 saturated heterocycles. The van der Waals surface area contributed by atoms with Crippen LogP contribution in [0.4, 0.5) is 11.5 Å². The van der Waals surface area contributed by atoms with Crippen LogP contribution >= 0.6 is 0 Å². The van der Waals surface area contributed by atoms with Crippen molar-refractivity contribution in [3.63, 3.8) is 0 Å². The summed E-state index contributed by atoms with van der Waals surface area (Å²) >= 11 is 0. The van der Waals surface area contributed by atoms with E-state index in [9.17, 15) is 5.26 Å². The molecule has 3 aromatic rings. The fraction of sp³-hybridized carbons (Fsp3) is 0.190. The fourth-order valence-electron chi connectivity index (χ4n) is 3.60. The first kappa shape index (κ1) is 16.9. The lowest BCUT2D eigenvalue weighted by Gasteiger charge is -2.32. The predicted molar refractivity (Wildman–Crippen MR) is 106 cm³/mol. The summed E-state index contributed by atoms with van der Waals surface area (Å²) < 4.78 is 1.80. The Morgan fingerprint density at radius 2 is 2.11 bits per heavy atom. The minimum atomic E-state index is 0.288. The first-order chi connectivity index (χ1) is 13.2. The number of allylic oxidation sites excluding steroid dienone is 1. The zero-order valence-corrected chi connectivity index (χ0v) is 15.0. The Kier molecular flexibility index (Phi) is 4.35. The van der Waals surface area contributed by atoms with E-state index in [0.717, 1.165) is 41.0 Å². The number of rotatable bonds is 4. The molecule has 27 heavy (non-hydrogen) atoms. The molecule has 1 aliphatic rings. The fourth-order valence-corrected chi connectivity index (χ4v) is 3.60. The number of nitriles is 1. The summed E-state index contributed by atoms with van der Waals surface area (Å²) in [6.07, 6.45) is 6.28. The van der Waals surface area contributed by atoms with Crippen molar-refractivity contribution in [2.75, 3.05) is 17.2 Å². The number of hydrogen-bond acceptors (Lipinski definition) is 5. The Labute approximate surface area is 158 Å². The Bertz CT molecular complexity index is 1030. The number of fused-ring (bicyclic) bond motifs is 1. The van der Waals surface area contributed by atoms with Gasteiger partial charge in [0.25, 0.3) is 0 Å². The third-order valence-electron chi connectivity index (χ3n) is 4.85. The number of para-hydroxylation sites is 1. The van der Waals surface area contributed by atoms with Crippen LogP contribution in [0, 0.1) is 11.3 Å². The molecule has 0 spiro atoms. The lowest BCUT2D eigenvalue weighted by molar-refractivity contribution is 0.702. The zero-order valence-electron chi connectivity index (χ0n) is 15.0. The number of pyridine rings is 1. The molecule has 0 radical (unpaired) electrons. The van der Waals surface area contributed by atoms with Crippen LogP contribution in [-0.2, 0) is 19.5 Å². The van der Waals surface area contributed by atoms with Gasteiger partial charge in [0.05, 0.1) is 18.4 Å². The van der Waals surface area contributed by atoms with Crippen LogP contribution in [0.1, 0.15) is 16.8 Å². The molecule has 0 aliphatic carbocycles. The van der Waals surface area contributed by atoms with Crippen LogP contribution < -0.4 is 10.6 Å². The van der Waals surface area contributed by atoms with Gasteiger partial charge in [0.1, 0.15) is 17.5 Å². The van der Waals surface area contributed by atoms with E-state index >= 15 is 0 Å². The van der Waals surface area contributed by atoms with Gasteiger partial charge in [0.2, 0.25) is 0 Å². The van der Waals surface area contributed by atoms with Gasteiger partial charge < -0.3 is 10.6 Å². The number of aromatic nitrogens is 3. The predicted octanol–water partition coefficient (Wildman–Crippen LogP) is 3.15. The summed E-state index contributed by atoms with van der Waals surface area (Å²) in [4.78, 5) is 6.83. The van der Waals surface area contributed by atoms with Crippen LogP contribution in [0.2, 0.25) is 0 Å². The molecular weight excluding hydrogens is 336 g/mol. The average molecular weight is 356 g/mol. The van der Waals surface area contributed by atoms with Gasteiger partial charge in [-0.25, -0.2) is 4.98 Å². The number of nitrogen functional groups attached to an aromatic ring is 1. The molecule has 1 aliphatic heterocycles. The van der Waals surface area contributed by atoms with Crippen LogP contribution in [0.3, 0.4) is 0 Å². The van der Waals surface area contributed by atoms with Gasteiger partial charge >= 0.3 is 0 Å². The monoisotopic (exact) mass is 356 g/mol. The van der Waals surface area contributed by atoms with Gasteiger partial charge in [-0.1, -0.05) is 24.3 Å². The maximum Gasteiger partial charge on any atom is 0.142 e. The maximum atomic E-state index is 9.73. The summed E-state index contributed by atoms with van der Waals surface area (Å²) in [5, 5.41) is 14.1. The third-order valence-corrected chi connectivity index (χ3v) is 4.85. The molecule has 4 rings (SSSR count). The minimum Gasteiger partial charge on any atom is -0.383 e. The van der Waals surface area contributed by atoms with Gasteiger partial charge in [-0.2, -0.15) is 10.4 Å². The normalized spacial score (nSPS) is 13.1. The highest BCUT2D eigenvalue weighted by Gasteiger charge is 2.26. The van der Waals surface area contributed by atoms with E-state index < -0.39 is 0 Å². The Hall–Kier alpha value is -3.59.